The van der Waals surface area contributed by atoms with Crippen molar-refractivity contribution >= 4 is 28.2 Å². The van der Waals surface area contributed by atoms with Gasteiger partial charge in [0.1, 0.15) is 0 Å². The Balaban J connectivity index is 0.00000441. The van der Waals surface area contributed by atoms with Crippen LogP contribution in [0.4, 0.5) is 0 Å². The molecule has 0 saturated carbocycles. The maximum Gasteiger partial charge on any atom is 0.240 e. The van der Waals surface area contributed by atoms with Crippen LogP contribution < -0.4 is 10.5 Å². The minimum Gasteiger partial charge on any atom is -0.324 e. The second-order valence-corrected chi connectivity index (χ2v) is 6.97. The molecule has 0 bridgehead atoms. The van der Waals surface area contributed by atoms with E-state index in [1.807, 2.05) is 13.8 Å². The van der Waals surface area contributed by atoms with Gasteiger partial charge in [-0.15, -0.1) is 12.4 Å². The third kappa shape index (κ3) is 5.35. The van der Waals surface area contributed by atoms with E-state index in [1.165, 1.54) is 12.1 Å². The standard InChI is InChI=1S/C15H24N2O3S.ClH/c1-4-14(18)12-8-7-9-13(10-12)21(19,20)17-11-15(16,5-2)6-3;/h7-10,17H,4-6,11,16H2,1-3H3;1H. The lowest BCUT2D eigenvalue weighted by molar-refractivity contribution is 0.0988. The van der Waals surface area contributed by atoms with E-state index in [0.717, 1.165) is 0 Å². The van der Waals surface area contributed by atoms with Gasteiger partial charge in [-0.3, -0.25) is 4.79 Å². The monoisotopic (exact) mass is 348 g/mol. The topological polar surface area (TPSA) is 89.3 Å². The van der Waals surface area contributed by atoms with Crippen molar-refractivity contribution in [2.75, 3.05) is 6.54 Å². The van der Waals surface area contributed by atoms with Gasteiger partial charge in [0.15, 0.2) is 5.78 Å². The van der Waals surface area contributed by atoms with Crippen molar-refractivity contribution in [3.8, 4) is 0 Å². The first-order chi connectivity index (χ1) is 9.78. The molecule has 0 radical (unpaired) electrons. The van der Waals surface area contributed by atoms with E-state index in [-0.39, 0.29) is 29.6 Å². The molecule has 126 valence electrons. The molecule has 1 aromatic rings. The van der Waals surface area contributed by atoms with Gasteiger partial charge < -0.3 is 5.73 Å². The molecule has 1 aromatic carbocycles. The molecule has 0 aliphatic heterocycles. The number of ketones is 1. The van der Waals surface area contributed by atoms with Gasteiger partial charge in [0, 0.05) is 24.1 Å². The average Bonchev–Trinajstić information content (AvgIpc) is 2.52. The number of nitrogens with two attached hydrogens (primary N) is 1. The molecule has 0 amide bonds. The van der Waals surface area contributed by atoms with E-state index in [2.05, 4.69) is 4.72 Å². The number of carbonyl (C=O) groups excluding carboxylic acids is 1. The van der Waals surface area contributed by atoms with Crippen LogP contribution >= 0.6 is 12.4 Å². The zero-order valence-corrected chi connectivity index (χ0v) is 14.9. The summed E-state index contributed by atoms with van der Waals surface area (Å²) in [5.41, 5.74) is 5.96. The highest BCUT2D eigenvalue weighted by Gasteiger charge is 2.24. The fraction of sp³-hybridized carbons (Fsp3) is 0.533. The van der Waals surface area contributed by atoms with Crippen LogP contribution in [0.1, 0.15) is 50.4 Å². The van der Waals surface area contributed by atoms with Crippen molar-refractivity contribution in [3.05, 3.63) is 29.8 Å². The number of rotatable bonds is 8. The average molecular weight is 349 g/mol. The molecule has 0 aromatic heterocycles. The summed E-state index contributed by atoms with van der Waals surface area (Å²) in [4.78, 5) is 11.8. The van der Waals surface area contributed by atoms with E-state index in [1.54, 1.807) is 19.1 Å². The molecule has 0 aliphatic rings. The first kappa shape index (κ1) is 21.0. The highest BCUT2D eigenvalue weighted by molar-refractivity contribution is 7.89. The first-order valence-electron chi connectivity index (χ1n) is 7.19. The Bertz CT molecular complexity index is 599. The van der Waals surface area contributed by atoms with Crippen LogP contribution in [0, 0.1) is 0 Å². The predicted molar refractivity (Wildman–Crippen MR) is 91.0 cm³/mol. The van der Waals surface area contributed by atoms with Gasteiger partial charge in [0.05, 0.1) is 4.90 Å². The Morgan fingerprint density at radius 2 is 1.82 bits per heavy atom. The molecule has 3 N–H and O–H groups in total. The molecule has 1 rings (SSSR count). The smallest absolute Gasteiger partial charge is 0.240 e. The quantitative estimate of drug-likeness (QED) is 0.706. The van der Waals surface area contributed by atoms with Crippen molar-refractivity contribution in [3.63, 3.8) is 0 Å². The van der Waals surface area contributed by atoms with Crippen molar-refractivity contribution in [2.45, 2.75) is 50.5 Å². The third-order valence-electron chi connectivity index (χ3n) is 3.81. The zero-order chi connectivity index (χ0) is 16.1. The summed E-state index contributed by atoms with van der Waals surface area (Å²) < 4.78 is 27.1. The van der Waals surface area contributed by atoms with E-state index < -0.39 is 15.6 Å². The number of carbonyl (C=O) groups is 1. The second-order valence-electron chi connectivity index (χ2n) is 5.20. The minimum atomic E-state index is -3.66. The van der Waals surface area contributed by atoms with Gasteiger partial charge in [-0.25, -0.2) is 13.1 Å². The van der Waals surface area contributed by atoms with Crippen molar-refractivity contribution < 1.29 is 13.2 Å². The predicted octanol–water partition coefficient (Wildman–Crippen LogP) is 2.50. The summed E-state index contributed by atoms with van der Waals surface area (Å²) in [6.07, 6.45) is 1.70. The molecular weight excluding hydrogens is 324 g/mol. The van der Waals surface area contributed by atoms with Crippen LogP contribution in [0.2, 0.25) is 0 Å². The number of hydrogen-bond donors (Lipinski definition) is 2. The van der Waals surface area contributed by atoms with Gasteiger partial charge in [-0.05, 0) is 25.0 Å². The molecule has 0 aliphatic carbocycles. The Hall–Kier alpha value is -0.950. The van der Waals surface area contributed by atoms with Crippen LogP contribution in [-0.4, -0.2) is 26.3 Å². The molecule has 22 heavy (non-hydrogen) atoms. The maximum absolute atomic E-state index is 12.3. The van der Waals surface area contributed by atoms with Gasteiger partial charge >= 0.3 is 0 Å². The normalized spacial score (nSPS) is 11.8. The Morgan fingerprint density at radius 3 is 2.32 bits per heavy atom. The fourth-order valence-electron chi connectivity index (χ4n) is 1.86. The molecule has 0 heterocycles. The van der Waals surface area contributed by atoms with Gasteiger partial charge in [-0.1, -0.05) is 32.9 Å². The summed E-state index contributed by atoms with van der Waals surface area (Å²) in [6.45, 7) is 5.78. The Labute approximate surface area is 139 Å². The number of sulfonamides is 1. The molecule has 0 spiro atoms. The van der Waals surface area contributed by atoms with Crippen molar-refractivity contribution in [1.29, 1.82) is 0 Å². The first-order valence-corrected chi connectivity index (χ1v) is 8.68. The van der Waals surface area contributed by atoms with Crippen LogP contribution in [-0.2, 0) is 10.0 Å². The lowest BCUT2D eigenvalue weighted by Crippen LogP contribution is -2.49. The second kappa shape index (κ2) is 8.62. The van der Waals surface area contributed by atoms with E-state index in [9.17, 15) is 13.2 Å². The van der Waals surface area contributed by atoms with Crippen molar-refractivity contribution in [2.24, 2.45) is 5.73 Å². The Morgan fingerprint density at radius 1 is 1.23 bits per heavy atom. The molecule has 5 nitrogen and oxygen atoms in total. The van der Waals surface area contributed by atoms with Crippen LogP contribution in [0.3, 0.4) is 0 Å². The largest absolute Gasteiger partial charge is 0.324 e. The van der Waals surface area contributed by atoms with E-state index in [4.69, 9.17) is 5.73 Å². The molecule has 7 heteroatoms. The molecule has 0 saturated heterocycles. The summed E-state index contributed by atoms with van der Waals surface area (Å²) in [5, 5.41) is 0. The number of hydrogen-bond acceptors (Lipinski definition) is 4. The summed E-state index contributed by atoms with van der Waals surface area (Å²) >= 11 is 0. The summed E-state index contributed by atoms with van der Waals surface area (Å²) in [5.74, 6) is -0.0812. The summed E-state index contributed by atoms with van der Waals surface area (Å²) in [7, 11) is -3.66. The van der Waals surface area contributed by atoms with Crippen LogP contribution in [0.5, 0.6) is 0 Å². The van der Waals surface area contributed by atoms with Crippen LogP contribution in [0.15, 0.2) is 29.2 Å². The number of halogens is 1. The van der Waals surface area contributed by atoms with Gasteiger partial charge in [0.25, 0.3) is 0 Å². The number of benzene rings is 1. The fourth-order valence-corrected chi connectivity index (χ4v) is 3.05. The molecular formula is C15H25ClN2O3S. The minimum absolute atomic E-state index is 0. The molecule has 0 fully saturated rings. The maximum atomic E-state index is 12.3. The molecule has 0 unspecified atom stereocenters. The SMILES string of the molecule is CCC(=O)c1cccc(S(=O)(=O)NCC(N)(CC)CC)c1.Cl. The highest BCUT2D eigenvalue weighted by atomic mass is 35.5. The third-order valence-corrected chi connectivity index (χ3v) is 5.21. The van der Waals surface area contributed by atoms with Crippen LogP contribution in [0.25, 0.3) is 0 Å². The summed E-state index contributed by atoms with van der Waals surface area (Å²) in [6, 6.07) is 6.08. The highest BCUT2D eigenvalue weighted by Crippen LogP contribution is 2.15. The van der Waals surface area contributed by atoms with Gasteiger partial charge in [-0.2, -0.15) is 0 Å². The number of Topliss-reactive ketones (excluding diaryl/α,β-unsaturated/α-hetero) is 1. The van der Waals surface area contributed by atoms with Gasteiger partial charge in [0.2, 0.25) is 10.0 Å². The number of nitrogens with one attached hydrogen (secondary N) is 1. The Kier molecular flexibility index (Phi) is 8.25. The lowest BCUT2D eigenvalue weighted by atomic mass is 9.95. The molecule has 0 atom stereocenters. The lowest BCUT2D eigenvalue weighted by Gasteiger charge is -2.26. The van der Waals surface area contributed by atoms with E-state index >= 15 is 0 Å². The van der Waals surface area contributed by atoms with Crippen molar-refractivity contribution in [1.82, 2.24) is 4.72 Å². The van der Waals surface area contributed by atoms with E-state index in [0.29, 0.717) is 24.8 Å². The zero-order valence-electron chi connectivity index (χ0n) is 13.3.